The summed E-state index contributed by atoms with van der Waals surface area (Å²) in [5.41, 5.74) is 11.1. The molecule has 0 aromatic rings. The lowest BCUT2D eigenvalue weighted by Gasteiger charge is -2.17. The van der Waals surface area contributed by atoms with Crippen LogP contribution in [0.5, 0.6) is 0 Å². The van der Waals surface area contributed by atoms with Crippen LogP contribution in [0.1, 0.15) is 13.3 Å². The molecule has 0 aliphatic heterocycles. The molecule has 0 aromatic heterocycles. The predicted molar refractivity (Wildman–Crippen MR) is 46.7 cm³/mol. The van der Waals surface area contributed by atoms with Crippen LogP contribution in [-0.2, 0) is 4.79 Å². The number of nitrogens with two attached hydrogens (primary N) is 2. The Labute approximate surface area is 72.1 Å². The highest BCUT2D eigenvalue weighted by Crippen LogP contribution is 1.92. The van der Waals surface area contributed by atoms with E-state index in [1.807, 2.05) is 6.92 Å². The van der Waals surface area contributed by atoms with Crippen LogP contribution in [0.2, 0.25) is 0 Å². The van der Waals surface area contributed by atoms with Crippen LogP contribution in [0.3, 0.4) is 0 Å². The molecule has 0 aliphatic rings. The molecule has 0 saturated carbocycles. The minimum atomic E-state index is -0.908. The summed E-state index contributed by atoms with van der Waals surface area (Å²) in [5.74, 6) is -0.908. The van der Waals surface area contributed by atoms with Crippen molar-refractivity contribution in [1.29, 1.82) is 0 Å². The summed E-state index contributed by atoms with van der Waals surface area (Å²) in [4.78, 5) is 10.2. The van der Waals surface area contributed by atoms with Gasteiger partial charge in [-0.3, -0.25) is 4.79 Å². The lowest BCUT2D eigenvalue weighted by atomic mass is 10.1. The van der Waals surface area contributed by atoms with E-state index in [0.717, 1.165) is 6.54 Å². The van der Waals surface area contributed by atoms with Crippen LogP contribution in [0.4, 0.5) is 0 Å². The van der Waals surface area contributed by atoms with Crippen molar-refractivity contribution in [2.45, 2.75) is 25.4 Å². The van der Waals surface area contributed by atoms with E-state index in [-0.39, 0.29) is 12.5 Å². The number of carboxylic acid groups (broad SMARTS) is 1. The normalized spacial score (nSPS) is 15.6. The number of likely N-dealkylation sites (N-methyl/N-ethyl adjacent to an activating group) is 1. The average Bonchev–Trinajstić information content (AvgIpc) is 1.98. The Morgan fingerprint density at radius 1 is 1.50 bits per heavy atom. The molecule has 0 rings (SSSR count). The summed E-state index contributed by atoms with van der Waals surface area (Å²) in [5, 5.41) is 11.4. The molecule has 12 heavy (non-hydrogen) atoms. The third-order valence-electron chi connectivity index (χ3n) is 1.59. The molecule has 5 heteroatoms. The van der Waals surface area contributed by atoms with E-state index in [4.69, 9.17) is 16.6 Å². The smallest absolute Gasteiger partial charge is 0.304 e. The van der Waals surface area contributed by atoms with E-state index >= 15 is 0 Å². The summed E-state index contributed by atoms with van der Waals surface area (Å²) >= 11 is 0. The zero-order valence-corrected chi connectivity index (χ0v) is 7.29. The summed E-state index contributed by atoms with van der Waals surface area (Å²) in [6.45, 7) is 3.33. The molecule has 5 nitrogen and oxygen atoms in total. The van der Waals surface area contributed by atoms with E-state index < -0.39 is 12.0 Å². The van der Waals surface area contributed by atoms with Crippen molar-refractivity contribution in [3.63, 3.8) is 0 Å². The molecule has 2 atom stereocenters. The van der Waals surface area contributed by atoms with Crippen molar-refractivity contribution in [2.24, 2.45) is 11.5 Å². The third-order valence-corrected chi connectivity index (χ3v) is 1.59. The van der Waals surface area contributed by atoms with Crippen LogP contribution in [-0.4, -0.2) is 36.2 Å². The van der Waals surface area contributed by atoms with Crippen molar-refractivity contribution in [3.05, 3.63) is 0 Å². The molecule has 6 N–H and O–H groups in total. The quantitative estimate of drug-likeness (QED) is 0.403. The van der Waals surface area contributed by atoms with Gasteiger partial charge in [0, 0.05) is 18.6 Å². The van der Waals surface area contributed by atoms with Gasteiger partial charge in [0.05, 0.1) is 6.42 Å². The summed E-state index contributed by atoms with van der Waals surface area (Å²) in [7, 11) is 0. The standard InChI is InChI=1S/C7H17N3O2/c1-2-10-4-6(9)5(8)3-7(11)12/h5-6,10H,2-4,8-9H2,1H3,(H,11,12)/t5-,6+/m1/s1. The number of hydrogen-bond acceptors (Lipinski definition) is 4. The highest BCUT2D eigenvalue weighted by Gasteiger charge is 2.15. The first-order valence-electron chi connectivity index (χ1n) is 4.01. The molecule has 0 heterocycles. The molecule has 0 aliphatic carbocycles. The van der Waals surface area contributed by atoms with Crippen molar-refractivity contribution >= 4 is 5.97 Å². The van der Waals surface area contributed by atoms with Crippen LogP contribution in [0.25, 0.3) is 0 Å². The fraction of sp³-hybridized carbons (Fsp3) is 0.857. The number of hydrogen-bond donors (Lipinski definition) is 4. The Balaban J connectivity index is 3.60. The molecule has 0 spiro atoms. The van der Waals surface area contributed by atoms with Gasteiger partial charge in [-0.15, -0.1) is 0 Å². The van der Waals surface area contributed by atoms with Gasteiger partial charge in [-0.05, 0) is 6.54 Å². The van der Waals surface area contributed by atoms with E-state index in [0.29, 0.717) is 6.54 Å². The van der Waals surface area contributed by atoms with Crippen molar-refractivity contribution in [1.82, 2.24) is 5.32 Å². The van der Waals surface area contributed by atoms with Gasteiger partial charge in [0.15, 0.2) is 0 Å². The first-order valence-corrected chi connectivity index (χ1v) is 4.01. The van der Waals surface area contributed by atoms with Crippen molar-refractivity contribution in [2.75, 3.05) is 13.1 Å². The van der Waals surface area contributed by atoms with Crippen molar-refractivity contribution in [3.8, 4) is 0 Å². The minimum absolute atomic E-state index is 0.0768. The first-order chi connectivity index (χ1) is 5.57. The number of rotatable bonds is 6. The monoisotopic (exact) mass is 175 g/mol. The first kappa shape index (κ1) is 11.4. The molecule has 0 amide bonds. The molecule has 0 unspecified atom stereocenters. The lowest BCUT2D eigenvalue weighted by Crippen LogP contribution is -2.48. The van der Waals surface area contributed by atoms with Crippen LogP contribution >= 0.6 is 0 Å². The second-order valence-electron chi connectivity index (χ2n) is 2.73. The third kappa shape index (κ3) is 5.06. The van der Waals surface area contributed by atoms with Gasteiger partial charge < -0.3 is 21.9 Å². The number of carbonyl (C=O) groups is 1. The maximum absolute atomic E-state index is 10.2. The topological polar surface area (TPSA) is 101 Å². The van der Waals surface area contributed by atoms with Gasteiger partial charge in [0.25, 0.3) is 0 Å². The predicted octanol–water partition coefficient (Wildman–Crippen LogP) is -1.27. The molecule has 0 radical (unpaired) electrons. The second-order valence-corrected chi connectivity index (χ2v) is 2.73. The van der Waals surface area contributed by atoms with Gasteiger partial charge in [-0.1, -0.05) is 6.92 Å². The SMILES string of the molecule is CCNC[C@H](N)[C@H](N)CC(=O)O. The lowest BCUT2D eigenvalue weighted by molar-refractivity contribution is -0.137. The Morgan fingerprint density at radius 2 is 2.08 bits per heavy atom. The Kier molecular flexibility index (Phi) is 5.61. The molecular weight excluding hydrogens is 158 g/mol. The zero-order chi connectivity index (χ0) is 9.56. The summed E-state index contributed by atoms with van der Waals surface area (Å²) in [6.07, 6.45) is -0.0768. The molecular formula is C7H17N3O2. The Hall–Kier alpha value is -0.650. The summed E-state index contributed by atoms with van der Waals surface area (Å²) in [6, 6.07) is -0.761. The number of aliphatic carboxylic acids is 1. The van der Waals surface area contributed by atoms with Gasteiger partial charge in [-0.2, -0.15) is 0 Å². The van der Waals surface area contributed by atoms with E-state index in [9.17, 15) is 4.79 Å². The summed E-state index contributed by atoms with van der Waals surface area (Å²) < 4.78 is 0. The van der Waals surface area contributed by atoms with E-state index in [2.05, 4.69) is 5.32 Å². The minimum Gasteiger partial charge on any atom is -0.481 e. The largest absolute Gasteiger partial charge is 0.481 e. The molecule has 0 bridgehead atoms. The second kappa shape index (κ2) is 5.93. The Bertz CT molecular complexity index is 141. The fourth-order valence-corrected chi connectivity index (χ4v) is 0.815. The van der Waals surface area contributed by atoms with Gasteiger partial charge in [0.2, 0.25) is 0 Å². The van der Waals surface area contributed by atoms with Crippen LogP contribution in [0, 0.1) is 0 Å². The van der Waals surface area contributed by atoms with E-state index in [1.54, 1.807) is 0 Å². The zero-order valence-electron chi connectivity index (χ0n) is 7.29. The van der Waals surface area contributed by atoms with E-state index in [1.165, 1.54) is 0 Å². The number of nitrogens with one attached hydrogen (secondary N) is 1. The molecule has 72 valence electrons. The van der Waals surface area contributed by atoms with Gasteiger partial charge in [0.1, 0.15) is 0 Å². The van der Waals surface area contributed by atoms with Crippen LogP contribution < -0.4 is 16.8 Å². The number of carboxylic acids is 1. The average molecular weight is 175 g/mol. The maximum Gasteiger partial charge on any atom is 0.304 e. The highest BCUT2D eigenvalue weighted by molar-refractivity contribution is 5.67. The molecule has 0 aromatic carbocycles. The molecule has 0 fully saturated rings. The van der Waals surface area contributed by atoms with Crippen LogP contribution in [0.15, 0.2) is 0 Å². The molecule has 0 saturated heterocycles. The van der Waals surface area contributed by atoms with Crippen molar-refractivity contribution < 1.29 is 9.90 Å². The van der Waals surface area contributed by atoms with Gasteiger partial charge in [-0.25, -0.2) is 0 Å². The highest BCUT2D eigenvalue weighted by atomic mass is 16.4. The van der Waals surface area contributed by atoms with Gasteiger partial charge >= 0.3 is 5.97 Å². The Morgan fingerprint density at radius 3 is 2.50 bits per heavy atom. The fourth-order valence-electron chi connectivity index (χ4n) is 0.815. The maximum atomic E-state index is 10.2.